The van der Waals surface area contributed by atoms with E-state index in [4.69, 9.17) is 10.5 Å². The number of fused-ring (bicyclic) bond motifs is 3. The number of hydrogen-bond donors (Lipinski definition) is 1. The molecule has 2 aromatic heterocycles. The smallest absolute Gasteiger partial charge is 0.288 e. The molecule has 144 valence electrons. The molecule has 3 aromatic rings. The van der Waals surface area contributed by atoms with Crippen LogP contribution in [0.2, 0.25) is 0 Å². The number of rotatable bonds is 4. The maximum Gasteiger partial charge on any atom is 0.288 e. The molecule has 0 spiro atoms. The van der Waals surface area contributed by atoms with Crippen molar-refractivity contribution in [2.75, 3.05) is 7.11 Å². The Morgan fingerprint density at radius 1 is 1.36 bits per heavy atom. The van der Waals surface area contributed by atoms with Gasteiger partial charge in [-0.25, -0.2) is 23.4 Å². The highest BCUT2D eigenvalue weighted by Gasteiger charge is 2.32. The first-order valence-corrected chi connectivity index (χ1v) is 9.21. The van der Waals surface area contributed by atoms with Gasteiger partial charge in [0.2, 0.25) is 12.1 Å². The topological polar surface area (TPSA) is 95.4 Å². The first kappa shape index (κ1) is 18.4. The maximum absolute atomic E-state index is 14.5. The molecule has 7 nitrogen and oxygen atoms in total. The van der Waals surface area contributed by atoms with Gasteiger partial charge in [0, 0.05) is 17.6 Å². The minimum atomic E-state index is -1.03. The molecular weight excluding hydrogens is 388 g/mol. The van der Waals surface area contributed by atoms with Crippen molar-refractivity contribution in [3.05, 3.63) is 63.6 Å². The zero-order chi connectivity index (χ0) is 20.0. The van der Waals surface area contributed by atoms with Crippen molar-refractivity contribution >= 4 is 23.0 Å². The van der Waals surface area contributed by atoms with Crippen LogP contribution in [0, 0.1) is 11.6 Å². The summed E-state index contributed by atoms with van der Waals surface area (Å²) < 4.78 is 35.9. The van der Waals surface area contributed by atoms with Crippen LogP contribution < -0.4 is 5.73 Å². The number of primary amides is 1. The molecular formula is C18H15F2N5O2S. The SMILES string of the molecule is CCc1cc2c(s1)-n1nc(C(N)=O)nc1C(OC)N=C2c1c(F)cccc1F. The first-order valence-electron chi connectivity index (χ1n) is 8.39. The van der Waals surface area contributed by atoms with Crippen LogP contribution in [0.5, 0.6) is 0 Å². The molecule has 10 heteroatoms. The fraction of sp³-hybridized carbons (Fsp3) is 0.222. The number of thiophene rings is 1. The van der Waals surface area contributed by atoms with E-state index in [1.165, 1.54) is 41.3 Å². The number of nitrogens with two attached hydrogens (primary N) is 1. The Morgan fingerprint density at radius 3 is 2.68 bits per heavy atom. The highest BCUT2D eigenvalue weighted by molar-refractivity contribution is 7.15. The highest BCUT2D eigenvalue weighted by Crippen LogP contribution is 2.36. The molecule has 0 fully saturated rings. The number of benzene rings is 1. The Bertz CT molecular complexity index is 1100. The third-order valence-corrected chi connectivity index (χ3v) is 5.56. The summed E-state index contributed by atoms with van der Waals surface area (Å²) in [5.74, 6) is -2.27. The lowest BCUT2D eigenvalue weighted by Crippen LogP contribution is -2.14. The van der Waals surface area contributed by atoms with Crippen LogP contribution in [-0.2, 0) is 11.2 Å². The Balaban J connectivity index is 2.04. The summed E-state index contributed by atoms with van der Waals surface area (Å²) in [4.78, 5) is 21.1. The molecule has 1 atom stereocenters. The van der Waals surface area contributed by atoms with Gasteiger partial charge in [0.15, 0.2) is 5.82 Å². The zero-order valence-corrected chi connectivity index (χ0v) is 15.8. The quantitative estimate of drug-likeness (QED) is 0.725. The van der Waals surface area contributed by atoms with Crippen LogP contribution in [0.25, 0.3) is 5.00 Å². The standard InChI is InChI=1S/C18H15F2N5O2S/c1-3-8-7-9-13(12-10(19)5-4-6-11(12)20)22-17(27-2)16-23-15(14(21)26)24-25(16)18(9)28-8/h4-7,17H,3H2,1-2H3,(H2,21,26). The van der Waals surface area contributed by atoms with Gasteiger partial charge in [-0.05, 0) is 24.6 Å². The third kappa shape index (κ3) is 2.81. The van der Waals surface area contributed by atoms with Crippen LogP contribution in [0.4, 0.5) is 8.78 Å². The average Bonchev–Trinajstić information content (AvgIpc) is 3.26. The monoisotopic (exact) mass is 403 g/mol. The lowest BCUT2D eigenvalue weighted by Gasteiger charge is -2.11. The summed E-state index contributed by atoms with van der Waals surface area (Å²) in [7, 11) is 1.38. The number of ether oxygens (including phenoxy) is 1. The molecule has 1 unspecified atom stereocenters. The molecule has 1 aliphatic heterocycles. The lowest BCUT2D eigenvalue weighted by atomic mass is 10.0. The highest BCUT2D eigenvalue weighted by atomic mass is 32.1. The number of carbonyl (C=O) groups excluding carboxylic acids is 1. The number of nitrogens with zero attached hydrogens (tertiary/aromatic N) is 4. The number of carbonyl (C=O) groups is 1. The minimum Gasteiger partial charge on any atom is -0.363 e. The fourth-order valence-electron chi connectivity index (χ4n) is 3.00. The van der Waals surface area contributed by atoms with E-state index in [1.54, 1.807) is 6.07 Å². The zero-order valence-electron chi connectivity index (χ0n) is 14.9. The van der Waals surface area contributed by atoms with Crippen molar-refractivity contribution in [1.82, 2.24) is 14.8 Å². The summed E-state index contributed by atoms with van der Waals surface area (Å²) in [5.41, 5.74) is 5.63. The number of amides is 1. The second-order valence-electron chi connectivity index (χ2n) is 6.02. The minimum absolute atomic E-state index is 0.0984. The predicted octanol–water partition coefficient (Wildman–Crippen LogP) is 2.76. The summed E-state index contributed by atoms with van der Waals surface area (Å²) in [5, 5.41) is 4.71. The van der Waals surface area contributed by atoms with Crippen molar-refractivity contribution in [1.29, 1.82) is 0 Å². The summed E-state index contributed by atoms with van der Waals surface area (Å²) in [6.45, 7) is 1.96. The summed E-state index contributed by atoms with van der Waals surface area (Å²) in [6.07, 6.45) is -0.329. The van der Waals surface area contributed by atoms with E-state index in [2.05, 4.69) is 15.1 Å². The van der Waals surface area contributed by atoms with E-state index in [0.717, 1.165) is 4.88 Å². The predicted molar refractivity (Wildman–Crippen MR) is 98.9 cm³/mol. The van der Waals surface area contributed by atoms with E-state index >= 15 is 0 Å². The first-order chi connectivity index (χ1) is 13.4. The van der Waals surface area contributed by atoms with Gasteiger partial charge in [-0.15, -0.1) is 16.4 Å². The van der Waals surface area contributed by atoms with Gasteiger partial charge in [0.05, 0.1) is 11.3 Å². The van der Waals surface area contributed by atoms with Crippen molar-refractivity contribution in [3.63, 3.8) is 0 Å². The number of aryl methyl sites for hydroxylation is 1. The summed E-state index contributed by atoms with van der Waals surface area (Å²) in [6, 6.07) is 5.43. The third-order valence-electron chi connectivity index (χ3n) is 4.30. The van der Waals surface area contributed by atoms with Crippen LogP contribution in [0.1, 0.15) is 45.6 Å². The van der Waals surface area contributed by atoms with Crippen LogP contribution in [-0.4, -0.2) is 33.5 Å². The van der Waals surface area contributed by atoms with Gasteiger partial charge in [-0.2, -0.15) is 0 Å². The lowest BCUT2D eigenvalue weighted by molar-refractivity contribution is 0.0985. The Morgan fingerprint density at radius 2 is 2.07 bits per heavy atom. The molecule has 2 N–H and O–H groups in total. The second kappa shape index (κ2) is 6.88. The maximum atomic E-state index is 14.5. The molecule has 1 aliphatic rings. The fourth-order valence-corrected chi connectivity index (χ4v) is 4.05. The number of aromatic nitrogens is 3. The number of methoxy groups -OCH3 is 1. The molecule has 4 rings (SSSR count). The Kier molecular flexibility index (Phi) is 4.52. The number of halogens is 2. The Labute approximate surface area is 162 Å². The van der Waals surface area contributed by atoms with E-state index in [1.807, 2.05) is 6.92 Å². The van der Waals surface area contributed by atoms with Gasteiger partial charge in [-0.1, -0.05) is 13.0 Å². The van der Waals surface area contributed by atoms with Crippen molar-refractivity contribution in [2.24, 2.45) is 10.7 Å². The van der Waals surface area contributed by atoms with Crippen molar-refractivity contribution < 1.29 is 18.3 Å². The molecule has 28 heavy (non-hydrogen) atoms. The van der Waals surface area contributed by atoms with Gasteiger partial charge >= 0.3 is 0 Å². The second-order valence-corrected chi connectivity index (χ2v) is 7.13. The molecule has 3 heterocycles. The van der Waals surface area contributed by atoms with Gasteiger partial charge in [-0.3, -0.25) is 4.79 Å². The number of hydrogen-bond acceptors (Lipinski definition) is 6. The molecule has 0 bridgehead atoms. The van der Waals surface area contributed by atoms with Crippen molar-refractivity contribution in [3.8, 4) is 5.00 Å². The van der Waals surface area contributed by atoms with Crippen LogP contribution in [0.3, 0.4) is 0 Å². The van der Waals surface area contributed by atoms with Gasteiger partial charge < -0.3 is 10.5 Å². The molecule has 0 saturated heterocycles. The van der Waals surface area contributed by atoms with Gasteiger partial charge in [0.1, 0.15) is 16.6 Å². The van der Waals surface area contributed by atoms with E-state index in [0.29, 0.717) is 17.0 Å². The Hall–Kier alpha value is -2.98. The summed E-state index contributed by atoms with van der Waals surface area (Å²) >= 11 is 1.37. The van der Waals surface area contributed by atoms with E-state index in [-0.39, 0.29) is 22.9 Å². The van der Waals surface area contributed by atoms with E-state index < -0.39 is 23.8 Å². The van der Waals surface area contributed by atoms with Crippen molar-refractivity contribution in [2.45, 2.75) is 19.6 Å². The van der Waals surface area contributed by atoms with Gasteiger partial charge in [0.25, 0.3) is 5.91 Å². The van der Waals surface area contributed by atoms with Crippen LogP contribution in [0.15, 0.2) is 29.3 Å². The molecule has 0 saturated carbocycles. The molecule has 1 amide bonds. The normalized spacial score (nSPS) is 15.6. The molecule has 1 aromatic carbocycles. The van der Waals surface area contributed by atoms with E-state index in [9.17, 15) is 13.6 Å². The molecule has 0 radical (unpaired) electrons. The average molecular weight is 403 g/mol. The number of aliphatic imine (C=N–C) groups is 1. The largest absolute Gasteiger partial charge is 0.363 e. The molecule has 0 aliphatic carbocycles. The van der Waals surface area contributed by atoms with Crippen LogP contribution >= 0.6 is 11.3 Å².